The van der Waals surface area contributed by atoms with Crippen molar-refractivity contribution in [2.24, 2.45) is 0 Å². The van der Waals surface area contributed by atoms with E-state index in [0.717, 1.165) is 38.5 Å². The average Bonchev–Trinajstić information content (AvgIpc) is 2.23. The van der Waals surface area contributed by atoms with Gasteiger partial charge in [-0.25, -0.2) is 0 Å². The molecule has 0 aliphatic heterocycles. The summed E-state index contributed by atoms with van der Waals surface area (Å²) in [6, 6.07) is 0. The zero-order chi connectivity index (χ0) is 16.2. The topological polar surface area (TPSA) is 31.5 Å². The molecule has 0 aliphatic carbocycles. The Morgan fingerprint density at radius 3 is 0.381 bits per heavy atom. The van der Waals surface area contributed by atoms with Crippen LogP contribution in [0.3, 0.4) is 0 Å². The van der Waals surface area contributed by atoms with E-state index in [4.69, 9.17) is 0 Å². The minimum absolute atomic E-state index is 0. The maximum Gasteiger partial charge on any atom is 3.00 e. The molecule has 0 saturated carbocycles. The fourth-order valence-electron chi connectivity index (χ4n) is 0. The van der Waals surface area contributed by atoms with Gasteiger partial charge in [0.05, 0.1) is 0 Å². The van der Waals surface area contributed by atoms with E-state index in [9.17, 15) is 0 Å². The smallest absolute Gasteiger partial charge is 0.412 e. The SMILES string of the molecule is O.[CH2-]CC.[CH2-]CC.[CH2-]CC.[CH2-]CC.[CH2-]CC.[CH2-]CC.[Ti+3].[Ti+3]. The van der Waals surface area contributed by atoms with Gasteiger partial charge < -0.3 is 47.0 Å². The maximum atomic E-state index is 3.49. The summed E-state index contributed by atoms with van der Waals surface area (Å²) in [4.78, 5) is 0. The van der Waals surface area contributed by atoms with E-state index >= 15 is 0 Å². The molecule has 1 nitrogen and oxygen atoms in total. The molecule has 0 heterocycles. The summed E-state index contributed by atoms with van der Waals surface area (Å²) in [7, 11) is 0. The van der Waals surface area contributed by atoms with E-state index in [0.29, 0.717) is 0 Å². The molecule has 0 saturated heterocycles. The van der Waals surface area contributed by atoms with Crippen LogP contribution in [0.1, 0.15) is 80.1 Å². The van der Waals surface area contributed by atoms with Crippen LogP contribution in [-0.4, -0.2) is 5.48 Å². The molecule has 0 rings (SSSR count). The molecule has 0 aliphatic rings. The van der Waals surface area contributed by atoms with Crippen LogP contribution in [0.5, 0.6) is 0 Å². The molecular weight excluding hydrogens is 328 g/mol. The Hall–Kier alpha value is 1.39. The Balaban J connectivity index is -0.0000000114. The molecule has 0 amide bonds. The molecule has 0 aromatic rings. The molecule has 0 aromatic carbocycles. The second-order valence-electron chi connectivity index (χ2n) is 3.00. The molecule has 21 heavy (non-hydrogen) atoms. The number of rotatable bonds is 0. The van der Waals surface area contributed by atoms with Crippen LogP contribution in [0.2, 0.25) is 0 Å². The largest absolute Gasteiger partial charge is 3.00 e. The zero-order valence-corrected chi connectivity index (χ0v) is 19.1. The molecule has 0 spiro atoms. The van der Waals surface area contributed by atoms with Crippen molar-refractivity contribution in [3.63, 3.8) is 0 Å². The van der Waals surface area contributed by atoms with Gasteiger partial charge in [0.1, 0.15) is 0 Å². The van der Waals surface area contributed by atoms with Crippen molar-refractivity contribution in [2.75, 3.05) is 0 Å². The Labute approximate surface area is 169 Å². The Morgan fingerprint density at radius 2 is 0.381 bits per heavy atom. The van der Waals surface area contributed by atoms with Crippen molar-refractivity contribution >= 4 is 0 Å². The second-order valence-corrected chi connectivity index (χ2v) is 3.00. The molecule has 0 fully saturated rings. The van der Waals surface area contributed by atoms with Gasteiger partial charge in [0.25, 0.3) is 0 Å². The van der Waals surface area contributed by atoms with Gasteiger partial charge in [0.2, 0.25) is 0 Å². The molecular formula is C18H44OTi2. The van der Waals surface area contributed by atoms with E-state index in [1.54, 1.807) is 0 Å². The van der Waals surface area contributed by atoms with Gasteiger partial charge in [-0.3, -0.25) is 0 Å². The third kappa shape index (κ3) is 4170. The fourth-order valence-corrected chi connectivity index (χ4v) is 0. The van der Waals surface area contributed by atoms with Crippen LogP contribution in [-0.2, 0) is 43.4 Å². The first-order valence-corrected chi connectivity index (χ1v) is 7.24. The first-order chi connectivity index (χ1) is 8.49. The van der Waals surface area contributed by atoms with E-state index < -0.39 is 0 Å². The van der Waals surface area contributed by atoms with Crippen LogP contribution in [0, 0.1) is 41.5 Å². The molecule has 0 bridgehead atoms. The van der Waals surface area contributed by atoms with Gasteiger partial charge in [-0.2, -0.15) is 38.5 Å². The normalized spacial score (nSPS) is 5.14. The molecule has 3 heteroatoms. The standard InChI is InChI=1S/6C3H7.H2O.2Ti/c6*1-3-2;;;/h6*1,3H2,2H3;1H2;;/q6*-1;;2*+3. The van der Waals surface area contributed by atoms with Crippen molar-refractivity contribution in [2.45, 2.75) is 80.1 Å². The molecule has 2 radical (unpaired) electrons. The van der Waals surface area contributed by atoms with Gasteiger partial charge in [-0.1, -0.05) is 41.5 Å². The monoisotopic (exact) mass is 372 g/mol. The summed E-state index contributed by atoms with van der Waals surface area (Å²) in [6.45, 7) is 33.0. The zero-order valence-electron chi connectivity index (χ0n) is 16.0. The summed E-state index contributed by atoms with van der Waals surface area (Å²) in [5.74, 6) is 0. The van der Waals surface area contributed by atoms with Crippen LogP contribution < -0.4 is 0 Å². The van der Waals surface area contributed by atoms with Crippen LogP contribution in [0.25, 0.3) is 0 Å². The predicted octanol–water partition coefficient (Wildman–Crippen LogP) is 6.55. The third-order valence-corrected chi connectivity index (χ3v) is 0. The van der Waals surface area contributed by atoms with Gasteiger partial charge >= 0.3 is 43.4 Å². The maximum absolute atomic E-state index is 3.49. The number of hydrogen-bond donors (Lipinski definition) is 0. The molecule has 0 unspecified atom stereocenters. The number of hydrogen-bond acceptors (Lipinski definition) is 0. The van der Waals surface area contributed by atoms with Crippen molar-refractivity contribution in [3.8, 4) is 0 Å². The van der Waals surface area contributed by atoms with Crippen molar-refractivity contribution in [3.05, 3.63) is 41.5 Å². The predicted molar refractivity (Wildman–Crippen MR) is 97.5 cm³/mol. The first-order valence-electron chi connectivity index (χ1n) is 7.24. The Morgan fingerprint density at radius 1 is 0.381 bits per heavy atom. The summed E-state index contributed by atoms with van der Waals surface area (Å²) in [5, 5.41) is 0. The second kappa shape index (κ2) is 163. The average molecular weight is 372 g/mol. The summed E-state index contributed by atoms with van der Waals surface area (Å²) < 4.78 is 0. The van der Waals surface area contributed by atoms with E-state index in [1.165, 1.54) is 0 Å². The van der Waals surface area contributed by atoms with Crippen molar-refractivity contribution < 1.29 is 48.9 Å². The van der Waals surface area contributed by atoms with Crippen molar-refractivity contribution in [1.29, 1.82) is 0 Å². The van der Waals surface area contributed by atoms with Crippen LogP contribution in [0.15, 0.2) is 0 Å². The van der Waals surface area contributed by atoms with Crippen molar-refractivity contribution in [1.82, 2.24) is 0 Å². The van der Waals surface area contributed by atoms with Gasteiger partial charge in [0.15, 0.2) is 0 Å². The molecule has 130 valence electrons. The van der Waals surface area contributed by atoms with Crippen LogP contribution >= 0.6 is 0 Å². The fraction of sp³-hybridized carbons (Fsp3) is 0.667. The van der Waals surface area contributed by atoms with Gasteiger partial charge in [-0.15, -0.1) is 0 Å². The van der Waals surface area contributed by atoms with E-state index in [-0.39, 0.29) is 48.9 Å². The third-order valence-electron chi connectivity index (χ3n) is 0. The minimum Gasteiger partial charge on any atom is -0.412 e. The minimum atomic E-state index is 0. The van der Waals surface area contributed by atoms with E-state index in [2.05, 4.69) is 41.5 Å². The Kier molecular flexibility index (Phi) is 443. The molecule has 2 N–H and O–H groups in total. The van der Waals surface area contributed by atoms with E-state index in [1.807, 2.05) is 41.5 Å². The van der Waals surface area contributed by atoms with Crippen LogP contribution in [0.4, 0.5) is 0 Å². The van der Waals surface area contributed by atoms with Gasteiger partial charge in [0, 0.05) is 0 Å². The molecule has 0 aromatic heterocycles. The summed E-state index contributed by atoms with van der Waals surface area (Å²) >= 11 is 0. The molecule has 0 atom stereocenters. The quantitative estimate of drug-likeness (QED) is 0.341. The summed E-state index contributed by atoms with van der Waals surface area (Å²) in [6.07, 6.45) is 6.00. The Bertz CT molecular complexity index is 30.7. The van der Waals surface area contributed by atoms with Gasteiger partial charge in [-0.05, 0) is 0 Å². The summed E-state index contributed by atoms with van der Waals surface area (Å²) in [5.41, 5.74) is 0. The first kappa shape index (κ1) is 57.1.